The standard InChI is InChI=1S/C6H5.C5H11O2.Ti/c1-2-4-6-5-3-1;1-3-6-5-7-4-2;/h1-5H;5H,3-4H2,1-2H3;. The maximum atomic E-state index is 5.52. The molecule has 0 aromatic heterocycles. The summed E-state index contributed by atoms with van der Waals surface area (Å²) in [5.41, 5.74) is 0. The van der Waals surface area contributed by atoms with E-state index >= 15 is 0 Å². The second-order valence-corrected chi connectivity index (χ2v) is 4.84. The molecule has 0 heterocycles. The first-order chi connectivity index (χ1) is 6.86. The van der Waals surface area contributed by atoms with E-state index in [0.29, 0.717) is 0 Å². The summed E-state index contributed by atoms with van der Waals surface area (Å²) >= 11 is -0.335. The fraction of sp³-hybridized carbons (Fsp3) is 0.455. The molecule has 0 aliphatic rings. The monoisotopic (exact) mass is 228 g/mol. The molecular weight excluding hydrogens is 212 g/mol. The van der Waals surface area contributed by atoms with Crippen LogP contribution in [0.1, 0.15) is 13.8 Å². The third-order valence-corrected chi connectivity index (χ3v) is 3.62. The fourth-order valence-corrected chi connectivity index (χ4v) is 2.91. The third kappa shape index (κ3) is 4.38. The summed E-state index contributed by atoms with van der Waals surface area (Å²) in [5.74, 6) is 0. The molecule has 1 rings (SSSR count). The van der Waals surface area contributed by atoms with Gasteiger partial charge in [0.25, 0.3) is 0 Å². The van der Waals surface area contributed by atoms with Crippen LogP contribution in [0.2, 0.25) is 0 Å². The van der Waals surface area contributed by atoms with E-state index < -0.39 is 0 Å². The minimum absolute atomic E-state index is 0.0207. The Kier molecular flexibility index (Phi) is 6.12. The Morgan fingerprint density at radius 3 is 2.14 bits per heavy atom. The van der Waals surface area contributed by atoms with Crippen molar-refractivity contribution < 1.29 is 28.6 Å². The van der Waals surface area contributed by atoms with Gasteiger partial charge in [-0.15, -0.1) is 0 Å². The SMILES string of the molecule is CCO[CH](OCC)[Ti][c]1ccccc1. The molecule has 0 aliphatic carbocycles. The Bertz CT molecular complexity index is 232. The molecule has 1 aromatic rings. The van der Waals surface area contributed by atoms with Gasteiger partial charge in [-0.25, -0.2) is 0 Å². The molecule has 1 aromatic carbocycles. The molecule has 0 fully saturated rings. The fourth-order valence-electron chi connectivity index (χ4n) is 1.10. The van der Waals surface area contributed by atoms with Crippen molar-refractivity contribution in [1.82, 2.24) is 0 Å². The Balaban J connectivity index is 2.46. The topological polar surface area (TPSA) is 18.5 Å². The van der Waals surface area contributed by atoms with E-state index in [1.807, 2.05) is 19.9 Å². The second kappa shape index (κ2) is 7.19. The molecule has 0 atom stereocenters. The molecule has 3 heteroatoms. The molecule has 76 valence electrons. The van der Waals surface area contributed by atoms with Crippen molar-refractivity contribution in [2.24, 2.45) is 0 Å². The van der Waals surface area contributed by atoms with Gasteiger partial charge in [0, 0.05) is 0 Å². The van der Waals surface area contributed by atoms with Gasteiger partial charge in [0.2, 0.25) is 0 Å². The molecule has 0 bridgehead atoms. The van der Waals surface area contributed by atoms with Crippen LogP contribution in [0, 0.1) is 0 Å². The summed E-state index contributed by atoms with van der Waals surface area (Å²) in [4.78, 5) is 0. The Hall–Kier alpha value is -0.146. The predicted molar refractivity (Wildman–Crippen MR) is 53.1 cm³/mol. The Labute approximate surface area is 94.5 Å². The second-order valence-electron chi connectivity index (χ2n) is 2.75. The van der Waals surface area contributed by atoms with Gasteiger partial charge in [0.05, 0.1) is 0 Å². The van der Waals surface area contributed by atoms with Crippen molar-refractivity contribution in [3.05, 3.63) is 30.3 Å². The van der Waals surface area contributed by atoms with Crippen LogP contribution >= 0.6 is 0 Å². The van der Waals surface area contributed by atoms with Crippen LogP contribution < -0.4 is 3.87 Å². The van der Waals surface area contributed by atoms with Gasteiger partial charge >= 0.3 is 94.5 Å². The Morgan fingerprint density at radius 1 is 1.07 bits per heavy atom. The maximum absolute atomic E-state index is 5.52. The molecular formula is C11H16O2Ti. The van der Waals surface area contributed by atoms with Gasteiger partial charge in [-0.2, -0.15) is 0 Å². The van der Waals surface area contributed by atoms with Crippen molar-refractivity contribution in [3.63, 3.8) is 0 Å². The van der Waals surface area contributed by atoms with E-state index in [9.17, 15) is 0 Å². The summed E-state index contributed by atoms with van der Waals surface area (Å²) < 4.78 is 12.4. The zero-order valence-electron chi connectivity index (χ0n) is 8.69. The van der Waals surface area contributed by atoms with Crippen molar-refractivity contribution in [1.29, 1.82) is 0 Å². The molecule has 0 N–H and O–H groups in total. The van der Waals surface area contributed by atoms with E-state index in [-0.39, 0.29) is 23.7 Å². The number of ether oxygens (including phenoxy) is 2. The summed E-state index contributed by atoms with van der Waals surface area (Å²) in [5, 5.41) is 0. The zero-order valence-corrected chi connectivity index (χ0v) is 10.3. The van der Waals surface area contributed by atoms with Crippen LogP contribution in [0.25, 0.3) is 0 Å². The summed E-state index contributed by atoms with van der Waals surface area (Å²) in [7, 11) is 0. The number of hydrogen-bond donors (Lipinski definition) is 0. The van der Waals surface area contributed by atoms with Gasteiger partial charge < -0.3 is 0 Å². The molecule has 14 heavy (non-hydrogen) atoms. The first-order valence-corrected chi connectivity index (χ1v) is 6.59. The summed E-state index contributed by atoms with van der Waals surface area (Å²) in [6.45, 7) is 5.45. The first kappa shape index (κ1) is 11.9. The molecule has 0 aliphatic heterocycles. The van der Waals surface area contributed by atoms with Crippen molar-refractivity contribution in [2.45, 2.75) is 18.4 Å². The van der Waals surface area contributed by atoms with E-state index in [0.717, 1.165) is 13.2 Å². The van der Waals surface area contributed by atoms with E-state index in [1.165, 1.54) is 3.87 Å². The van der Waals surface area contributed by atoms with Crippen molar-refractivity contribution >= 4 is 3.87 Å². The number of rotatable bonds is 6. The van der Waals surface area contributed by atoms with Gasteiger partial charge in [0.15, 0.2) is 0 Å². The Morgan fingerprint density at radius 2 is 1.64 bits per heavy atom. The van der Waals surface area contributed by atoms with Crippen LogP contribution in [-0.2, 0) is 28.6 Å². The molecule has 0 unspecified atom stereocenters. The zero-order chi connectivity index (χ0) is 10.2. The van der Waals surface area contributed by atoms with Crippen molar-refractivity contribution in [3.8, 4) is 0 Å². The van der Waals surface area contributed by atoms with Crippen LogP contribution in [0.15, 0.2) is 30.3 Å². The first-order valence-electron chi connectivity index (χ1n) is 4.91. The van der Waals surface area contributed by atoms with Gasteiger partial charge in [0.1, 0.15) is 0 Å². The number of hydrogen-bond acceptors (Lipinski definition) is 2. The minimum atomic E-state index is -0.335. The van der Waals surface area contributed by atoms with Gasteiger partial charge in [-0.3, -0.25) is 0 Å². The van der Waals surface area contributed by atoms with Gasteiger partial charge in [-0.1, -0.05) is 0 Å². The summed E-state index contributed by atoms with van der Waals surface area (Å²) in [6.07, 6.45) is 0. The average molecular weight is 228 g/mol. The summed E-state index contributed by atoms with van der Waals surface area (Å²) in [6, 6.07) is 10.4. The van der Waals surface area contributed by atoms with E-state index in [2.05, 4.69) is 24.3 Å². The van der Waals surface area contributed by atoms with Crippen molar-refractivity contribution in [2.75, 3.05) is 13.2 Å². The van der Waals surface area contributed by atoms with Crippen LogP contribution in [0.4, 0.5) is 0 Å². The molecule has 2 nitrogen and oxygen atoms in total. The number of benzene rings is 1. The molecule has 0 saturated heterocycles. The van der Waals surface area contributed by atoms with Crippen LogP contribution in [0.3, 0.4) is 0 Å². The van der Waals surface area contributed by atoms with Crippen LogP contribution in [-0.4, -0.2) is 17.8 Å². The third-order valence-electron chi connectivity index (χ3n) is 1.69. The van der Waals surface area contributed by atoms with E-state index in [1.54, 1.807) is 0 Å². The van der Waals surface area contributed by atoms with Crippen LogP contribution in [0.5, 0.6) is 0 Å². The molecule has 0 spiro atoms. The predicted octanol–water partition coefficient (Wildman–Crippen LogP) is 1.75. The van der Waals surface area contributed by atoms with E-state index in [4.69, 9.17) is 9.47 Å². The molecule has 0 saturated carbocycles. The average Bonchev–Trinajstić information content (AvgIpc) is 2.20. The quantitative estimate of drug-likeness (QED) is 0.545. The normalized spacial score (nSPS) is 10.5. The van der Waals surface area contributed by atoms with Gasteiger partial charge in [-0.05, 0) is 0 Å². The molecule has 0 amide bonds. The molecule has 0 radical (unpaired) electrons.